The summed E-state index contributed by atoms with van der Waals surface area (Å²) in [6, 6.07) is 2.73. The standard InChI is InChI=1S/C24H41NO3/c1-26-10-3-11-28-17-19-6-9-21-14-24(23(15-25)13-22(21)12-19)20-7-4-18(5-8-20)16-27-2/h18-24H,3-14,16-17H2,1-2H3/t18?,19-,20?,21-,22+,23?,24?/m1/s1. The summed E-state index contributed by atoms with van der Waals surface area (Å²) >= 11 is 0. The average Bonchev–Trinajstić information content (AvgIpc) is 2.73. The van der Waals surface area contributed by atoms with E-state index in [2.05, 4.69) is 6.07 Å². The van der Waals surface area contributed by atoms with Crippen molar-refractivity contribution in [3.8, 4) is 6.07 Å². The summed E-state index contributed by atoms with van der Waals surface area (Å²) < 4.78 is 16.4. The summed E-state index contributed by atoms with van der Waals surface area (Å²) in [5.74, 6) is 4.77. The predicted octanol–water partition coefficient (Wildman–Crippen LogP) is 5.07. The largest absolute Gasteiger partial charge is 0.385 e. The quantitative estimate of drug-likeness (QED) is 0.515. The highest BCUT2D eigenvalue weighted by Crippen LogP contribution is 2.51. The van der Waals surface area contributed by atoms with Crippen LogP contribution in [0.5, 0.6) is 0 Å². The Morgan fingerprint density at radius 3 is 2.21 bits per heavy atom. The first-order valence-corrected chi connectivity index (χ1v) is 11.7. The fourth-order valence-corrected chi connectivity index (χ4v) is 6.43. The molecule has 0 amide bonds. The molecule has 0 spiro atoms. The van der Waals surface area contributed by atoms with Crippen LogP contribution in [0.4, 0.5) is 0 Å². The van der Waals surface area contributed by atoms with E-state index >= 15 is 0 Å². The third-order valence-electron chi connectivity index (χ3n) is 7.95. The van der Waals surface area contributed by atoms with Gasteiger partial charge in [0.05, 0.1) is 6.07 Å². The molecule has 0 saturated heterocycles. The molecule has 0 radical (unpaired) electrons. The van der Waals surface area contributed by atoms with Gasteiger partial charge in [0, 0.05) is 46.6 Å². The summed E-state index contributed by atoms with van der Waals surface area (Å²) in [6.07, 6.45) is 12.6. The Morgan fingerprint density at radius 2 is 1.50 bits per heavy atom. The summed E-state index contributed by atoms with van der Waals surface area (Å²) in [6.45, 7) is 3.41. The molecule has 5 atom stereocenters. The molecule has 160 valence electrons. The minimum Gasteiger partial charge on any atom is -0.385 e. The van der Waals surface area contributed by atoms with E-state index in [0.717, 1.165) is 62.9 Å². The number of ether oxygens (including phenoxy) is 3. The summed E-state index contributed by atoms with van der Waals surface area (Å²) in [4.78, 5) is 0. The first-order valence-electron chi connectivity index (χ1n) is 11.7. The highest BCUT2D eigenvalue weighted by Gasteiger charge is 2.43. The van der Waals surface area contributed by atoms with Crippen LogP contribution in [-0.2, 0) is 14.2 Å². The molecule has 4 nitrogen and oxygen atoms in total. The minimum absolute atomic E-state index is 0.284. The summed E-state index contributed by atoms with van der Waals surface area (Å²) in [7, 11) is 3.56. The molecule has 0 aromatic heterocycles. The van der Waals surface area contributed by atoms with E-state index in [-0.39, 0.29) is 5.92 Å². The van der Waals surface area contributed by atoms with Gasteiger partial charge in [0.2, 0.25) is 0 Å². The Bertz CT molecular complexity index is 483. The molecule has 28 heavy (non-hydrogen) atoms. The number of fused-ring (bicyclic) bond motifs is 1. The molecule has 0 aromatic carbocycles. The van der Waals surface area contributed by atoms with Crippen LogP contribution in [-0.4, -0.2) is 40.6 Å². The molecule has 3 saturated carbocycles. The summed E-state index contributed by atoms with van der Waals surface area (Å²) in [5.41, 5.74) is 0. The maximum atomic E-state index is 9.90. The van der Waals surface area contributed by atoms with Gasteiger partial charge in [0.15, 0.2) is 0 Å². The van der Waals surface area contributed by atoms with Crippen LogP contribution in [0.15, 0.2) is 0 Å². The van der Waals surface area contributed by atoms with Crippen LogP contribution in [0.1, 0.15) is 64.2 Å². The van der Waals surface area contributed by atoms with E-state index in [4.69, 9.17) is 14.2 Å². The van der Waals surface area contributed by atoms with Crippen molar-refractivity contribution in [1.82, 2.24) is 0 Å². The third kappa shape index (κ3) is 5.94. The molecule has 0 bridgehead atoms. The topological polar surface area (TPSA) is 51.5 Å². The number of nitriles is 1. The lowest BCUT2D eigenvalue weighted by Gasteiger charge is -2.47. The predicted molar refractivity (Wildman–Crippen MR) is 111 cm³/mol. The average molecular weight is 392 g/mol. The maximum absolute atomic E-state index is 9.90. The second kappa shape index (κ2) is 11.5. The monoisotopic (exact) mass is 391 g/mol. The molecule has 4 heteroatoms. The molecule has 3 aliphatic rings. The van der Waals surface area contributed by atoms with Gasteiger partial charge in [-0.05, 0) is 99.7 Å². The highest BCUT2D eigenvalue weighted by molar-refractivity contribution is 5.00. The number of nitrogens with zero attached hydrogens (tertiary/aromatic N) is 1. The van der Waals surface area contributed by atoms with Crippen molar-refractivity contribution >= 4 is 0 Å². The Kier molecular flexibility index (Phi) is 9.08. The lowest BCUT2D eigenvalue weighted by atomic mass is 9.57. The Morgan fingerprint density at radius 1 is 0.750 bits per heavy atom. The fourth-order valence-electron chi connectivity index (χ4n) is 6.43. The fraction of sp³-hybridized carbons (Fsp3) is 0.958. The van der Waals surface area contributed by atoms with Gasteiger partial charge in [-0.15, -0.1) is 0 Å². The van der Waals surface area contributed by atoms with Crippen LogP contribution in [0.25, 0.3) is 0 Å². The van der Waals surface area contributed by atoms with Crippen LogP contribution >= 0.6 is 0 Å². The Hall–Kier alpha value is -0.630. The van der Waals surface area contributed by atoms with Gasteiger partial charge >= 0.3 is 0 Å². The van der Waals surface area contributed by atoms with E-state index < -0.39 is 0 Å². The van der Waals surface area contributed by atoms with Gasteiger partial charge in [-0.2, -0.15) is 5.26 Å². The van der Waals surface area contributed by atoms with Crippen LogP contribution < -0.4 is 0 Å². The van der Waals surface area contributed by atoms with Gasteiger partial charge in [-0.3, -0.25) is 0 Å². The van der Waals surface area contributed by atoms with Crippen LogP contribution in [0.3, 0.4) is 0 Å². The third-order valence-corrected chi connectivity index (χ3v) is 7.95. The Labute approximate surface area is 172 Å². The van der Waals surface area contributed by atoms with E-state index in [0.29, 0.717) is 11.8 Å². The Balaban J connectivity index is 1.46. The van der Waals surface area contributed by atoms with Gasteiger partial charge < -0.3 is 14.2 Å². The first-order chi connectivity index (χ1) is 13.7. The van der Waals surface area contributed by atoms with E-state index in [1.165, 1.54) is 51.4 Å². The van der Waals surface area contributed by atoms with Crippen molar-refractivity contribution in [2.45, 2.75) is 64.2 Å². The first kappa shape index (κ1) is 22.1. The molecule has 0 aromatic rings. The molecule has 3 aliphatic carbocycles. The van der Waals surface area contributed by atoms with E-state index in [9.17, 15) is 5.26 Å². The van der Waals surface area contributed by atoms with Gasteiger partial charge in [-0.25, -0.2) is 0 Å². The molecule has 0 N–H and O–H groups in total. The molecule has 3 rings (SSSR count). The van der Waals surface area contributed by atoms with Crippen molar-refractivity contribution in [3.05, 3.63) is 0 Å². The number of rotatable bonds is 9. The van der Waals surface area contributed by atoms with Crippen LogP contribution in [0, 0.1) is 52.8 Å². The molecular formula is C24H41NO3. The lowest BCUT2D eigenvalue weighted by Crippen LogP contribution is -2.40. The van der Waals surface area contributed by atoms with Crippen molar-refractivity contribution < 1.29 is 14.2 Å². The van der Waals surface area contributed by atoms with Gasteiger partial charge in [0.25, 0.3) is 0 Å². The van der Waals surface area contributed by atoms with Crippen molar-refractivity contribution in [3.63, 3.8) is 0 Å². The SMILES string of the molecule is COCCCOC[C@@H]1CC[C@@H]2CC(C3CCC(COC)CC3)C(C#N)C[C@@H]2C1. The van der Waals surface area contributed by atoms with Gasteiger partial charge in [-0.1, -0.05) is 0 Å². The molecule has 3 fully saturated rings. The number of hydrogen-bond donors (Lipinski definition) is 0. The molecule has 2 unspecified atom stereocenters. The van der Waals surface area contributed by atoms with Gasteiger partial charge in [0.1, 0.15) is 0 Å². The molecule has 0 aliphatic heterocycles. The smallest absolute Gasteiger partial charge is 0.0658 e. The van der Waals surface area contributed by atoms with Crippen molar-refractivity contribution in [1.29, 1.82) is 5.26 Å². The minimum atomic E-state index is 0.284. The zero-order valence-corrected chi connectivity index (χ0v) is 18.1. The molecule has 0 heterocycles. The number of hydrogen-bond acceptors (Lipinski definition) is 4. The number of methoxy groups -OCH3 is 2. The zero-order chi connectivity index (χ0) is 19.8. The second-order valence-electron chi connectivity index (χ2n) is 9.73. The molecular weight excluding hydrogens is 350 g/mol. The lowest BCUT2D eigenvalue weighted by molar-refractivity contribution is 0.00463. The highest BCUT2D eigenvalue weighted by atomic mass is 16.5. The van der Waals surface area contributed by atoms with Crippen LogP contribution in [0.2, 0.25) is 0 Å². The van der Waals surface area contributed by atoms with E-state index in [1.54, 1.807) is 7.11 Å². The van der Waals surface area contributed by atoms with E-state index in [1.807, 2.05) is 7.11 Å². The second-order valence-corrected chi connectivity index (χ2v) is 9.73. The van der Waals surface area contributed by atoms with Crippen molar-refractivity contribution in [2.24, 2.45) is 41.4 Å². The normalized spacial score (nSPS) is 38.5. The van der Waals surface area contributed by atoms with Crippen molar-refractivity contribution in [2.75, 3.05) is 40.6 Å². The summed E-state index contributed by atoms with van der Waals surface area (Å²) in [5, 5.41) is 9.90. The maximum Gasteiger partial charge on any atom is 0.0658 e. The zero-order valence-electron chi connectivity index (χ0n) is 18.1.